The van der Waals surface area contributed by atoms with E-state index in [0.717, 1.165) is 22.4 Å². The molecule has 1 aromatic heterocycles. The average molecular weight is 442 g/mol. The predicted octanol–water partition coefficient (Wildman–Crippen LogP) is 4.65. The molecule has 0 spiro atoms. The summed E-state index contributed by atoms with van der Waals surface area (Å²) in [6.07, 6.45) is 1.08. The van der Waals surface area contributed by atoms with Gasteiger partial charge >= 0.3 is 0 Å². The summed E-state index contributed by atoms with van der Waals surface area (Å²) in [6, 6.07) is 13.4. The quantitative estimate of drug-likeness (QED) is 0.536. The SMILES string of the molecule is COc1cc2c(cc1OC)C(COc1ccc(F)cc1)N(C(=O)Cc1cccs1)CC2. The van der Waals surface area contributed by atoms with Crippen molar-refractivity contribution in [2.45, 2.75) is 18.9 Å². The van der Waals surface area contributed by atoms with Crippen LogP contribution in [0.1, 0.15) is 22.0 Å². The molecular weight excluding hydrogens is 417 g/mol. The standard InChI is InChI=1S/C24H24FNO4S/c1-28-22-12-16-9-10-26(24(27)13-19-4-3-11-31-19)21(20(16)14-23(22)29-2)15-30-18-7-5-17(25)6-8-18/h3-8,11-12,14,21H,9-10,13,15H2,1-2H3. The van der Waals surface area contributed by atoms with Gasteiger partial charge in [0, 0.05) is 11.4 Å². The van der Waals surface area contributed by atoms with Gasteiger partial charge in [-0.05, 0) is 65.4 Å². The molecule has 162 valence electrons. The van der Waals surface area contributed by atoms with Crippen molar-refractivity contribution < 1.29 is 23.4 Å². The van der Waals surface area contributed by atoms with Gasteiger partial charge in [0.2, 0.25) is 5.91 Å². The van der Waals surface area contributed by atoms with E-state index in [1.165, 1.54) is 12.1 Å². The van der Waals surface area contributed by atoms with Crippen LogP contribution in [0.4, 0.5) is 4.39 Å². The summed E-state index contributed by atoms with van der Waals surface area (Å²) < 4.78 is 30.2. The van der Waals surface area contributed by atoms with Gasteiger partial charge in [0.25, 0.3) is 0 Å². The van der Waals surface area contributed by atoms with Gasteiger partial charge in [0.15, 0.2) is 11.5 Å². The van der Waals surface area contributed by atoms with Crippen molar-refractivity contribution in [3.8, 4) is 17.2 Å². The van der Waals surface area contributed by atoms with Crippen LogP contribution >= 0.6 is 11.3 Å². The fourth-order valence-corrected chi connectivity index (χ4v) is 4.57. The molecule has 4 rings (SSSR count). The van der Waals surface area contributed by atoms with E-state index in [1.54, 1.807) is 37.7 Å². The highest BCUT2D eigenvalue weighted by molar-refractivity contribution is 7.10. The summed E-state index contributed by atoms with van der Waals surface area (Å²) >= 11 is 1.57. The van der Waals surface area contributed by atoms with Crippen molar-refractivity contribution in [2.75, 3.05) is 27.4 Å². The molecule has 0 bridgehead atoms. The summed E-state index contributed by atoms with van der Waals surface area (Å²) in [5.74, 6) is 1.56. The lowest BCUT2D eigenvalue weighted by molar-refractivity contribution is -0.134. The molecule has 5 nitrogen and oxygen atoms in total. The Labute approximate surface area is 185 Å². The van der Waals surface area contributed by atoms with E-state index < -0.39 is 0 Å². The molecule has 2 heterocycles. The number of methoxy groups -OCH3 is 2. The molecule has 0 saturated heterocycles. The number of fused-ring (bicyclic) bond motifs is 1. The monoisotopic (exact) mass is 441 g/mol. The van der Waals surface area contributed by atoms with Crippen LogP contribution in [-0.4, -0.2) is 38.2 Å². The van der Waals surface area contributed by atoms with Crippen LogP contribution in [0.5, 0.6) is 17.2 Å². The van der Waals surface area contributed by atoms with Gasteiger partial charge in [0.1, 0.15) is 18.2 Å². The van der Waals surface area contributed by atoms with E-state index >= 15 is 0 Å². The lowest BCUT2D eigenvalue weighted by Gasteiger charge is -2.37. The van der Waals surface area contributed by atoms with Gasteiger partial charge in [-0.3, -0.25) is 4.79 Å². The third-order valence-corrected chi connectivity index (χ3v) is 6.33. The second-order valence-corrected chi connectivity index (χ2v) is 8.31. The number of amides is 1. The van der Waals surface area contributed by atoms with Gasteiger partial charge in [0.05, 0.1) is 26.7 Å². The molecule has 1 atom stereocenters. The number of hydrogen-bond acceptors (Lipinski definition) is 5. The van der Waals surface area contributed by atoms with Gasteiger partial charge in [-0.2, -0.15) is 0 Å². The summed E-state index contributed by atoms with van der Waals surface area (Å²) in [7, 11) is 3.20. The molecule has 31 heavy (non-hydrogen) atoms. The number of thiophene rings is 1. The number of benzene rings is 2. The van der Waals surface area contributed by atoms with Crippen LogP contribution < -0.4 is 14.2 Å². The number of carbonyl (C=O) groups is 1. The molecule has 1 aliphatic heterocycles. The topological polar surface area (TPSA) is 48.0 Å². The molecule has 7 heteroatoms. The molecule has 0 N–H and O–H groups in total. The minimum atomic E-state index is -0.319. The second-order valence-electron chi connectivity index (χ2n) is 7.28. The van der Waals surface area contributed by atoms with Crippen molar-refractivity contribution in [1.82, 2.24) is 4.90 Å². The lowest BCUT2D eigenvalue weighted by Crippen LogP contribution is -2.43. The van der Waals surface area contributed by atoms with Crippen LogP contribution in [0.3, 0.4) is 0 Å². The van der Waals surface area contributed by atoms with E-state index in [-0.39, 0.29) is 24.4 Å². The Morgan fingerprint density at radius 3 is 2.55 bits per heavy atom. The highest BCUT2D eigenvalue weighted by atomic mass is 32.1. The molecule has 2 aromatic carbocycles. The first-order valence-electron chi connectivity index (χ1n) is 10.0. The number of halogens is 1. The number of ether oxygens (including phenoxy) is 3. The van der Waals surface area contributed by atoms with E-state index in [4.69, 9.17) is 14.2 Å². The third-order valence-electron chi connectivity index (χ3n) is 5.45. The van der Waals surface area contributed by atoms with Crippen molar-refractivity contribution in [1.29, 1.82) is 0 Å². The van der Waals surface area contributed by atoms with Gasteiger partial charge in [-0.25, -0.2) is 4.39 Å². The minimum Gasteiger partial charge on any atom is -0.493 e. The zero-order valence-corrected chi connectivity index (χ0v) is 18.3. The van der Waals surface area contributed by atoms with Crippen LogP contribution in [0.25, 0.3) is 0 Å². The maximum atomic E-state index is 13.2. The maximum Gasteiger partial charge on any atom is 0.228 e. The van der Waals surface area contributed by atoms with Gasteiger partial charge < -0.3 is 19.1 Å². The summed E-state index contributed by atoms with van der Waals surface area (Å²) in [5, 5.41) is 1.97. The first-order valence-corrected chi connectivity index (χ1v) is 10.9. The fraction of sp³-hybridized carbons (Fsp3) is 0.292. The van der Waals surface area contributed by atoms with Gasteiger partial charge in [-0.1, -0.05) is 6.07 Å². The van der Waals surface area contributed by atoms with E-state index in [0.29, 0.717) is 30.2 Å². The molecule has 1 unspecified atom stereocenters. The van der Waals surface area contributed by atoms with Crippen LogP contribution in [-0.2, 0) is 17.6 Å². The Morgan fingerprint density at radius 2 is 1.87 bits per heavy atom. The number of hydrogen-bond donors (Lipinski definition) is 0. The molecule has 0 radical (unpaired) electrons. The highest BCUT2D eigenvalue weighted by Crippen LogP contribution is 2.38. The van der Waals surface area contributed by atoms with Crippen LogP contribution in [0, 0.1) is 5.82 Å². The van der Waals surface area contributed by atoms with Crippen molar-refractivity contribution >= 4 is 17.2 Å². The molecule has 0 aliphatic carbocycles. The Kier molecular flexibility index (Phi) is 6.42. The maximum absolute atomic E-state index is 13.2. The average Bonchev–Trinajstić information content (AvgIpc) is 3.30. The van der Waals surface area contributed by atoms with E-state index in [9.17, 15) is 9.18 Å². The highest BCUT2D eigenvalue weighted by Gasteiger charge is 2.33. The molecule has 1 amide bonds. The van der Waals surface area contributed by atoms with Crippen molar-refractivity contribution in [2.24, 2.45) is 0 Å². The number of rotatable bonds is 7. The third kappa shape index (κ3) is 4.66. The molecule has 1 aliphatic rings. The molecule has 0 fully saturated rings. The Balaban J connectivity index is 1.64. The zero-order valence-electron chi connectivity index (χ0n) is 17.5. The Morgan fingerprint density at radius 1 is 1.13 bits per heavy atom. The Bertz CT molecular complexity index is 1040. The first kappa shape index (κ1) is 21.2. The predicted molar refractivity (Wildman–Crippen MR) is 118 cm³/mol. The lowest BCUT2D eigenvalue weighted by atomic mass is 9.91. The molecule has 0 saturated carbocycles. The molecular formula is C24H24FNO4S. The van der Waals surface area contributed by atoms with Crippen LogP contribution in [0.2, 0.25) is 0 Å². The smallest absolute Gasteiger partial charge is 0.228 e. The van der Waals surface area contributed by atoms with E-state index in [1.807, 2.05) is 34.5 Å². The zero-order chi connectivity index (χ0) is 21.8. The number of nitrogens with zero attached hydrogens (tertiary/aromatic N) is 1. The van der Waals surface area contributed by atoms with Crippen LogP contribution in [0.15, 0.2) is 53.9 Å². The van der Waals surface area contributed by atoms with Crippen molar-refractivity contribution in [3.05, 3.63) is 75.7 Å². The van der Waals surface area contributed by atoms with E-state index in [2.05, 4.69) is 0 Å². The van der Waals surface area contributed by atoms with Gasteiger partial charge in [-0.15, -0.1) is 11.3 Å². The molecule has 3 aromatic rings. The Hall–Kier alpha value is -3.06. The first-order chi connectivity index (χ1) is 15.1. The number of carbonyl (C=O) groups excluding carboxylic acids is 1. The second kappa shape index (κ2) is 9.39. The summed E-state index contributed by atoms with van der Waals surface area (Å²) in [5.41, 5.74) is 2.08. The minimum absolute atomic E-state index is 0.0515. The fourth-order valence-electron chi connectivity index (χ4n) is 3.88. The normalized spacial score (nSPS) is 15.3. The largest absolute Gasteiger partial charge is 0.493 e. The summed E-state index contributed by atoms with van der Waals surface area (Å²) in [4.78, 5) is 16.1. The summed E-state index contributed by atoms with van der Waals surface area (Å²) in [6.45, 7) is 0.842. The van der Waals surface area contributed by atoms with Crippen molar-refractivity contribution in [3.63, 3.8) is 0 Å².